The first kappa shape index (κ1) is 20.4. The maximum absolute atomic E-state index is 14.6. The molecule has 0 bridgehead atoms. The van der Waals surface area contributed by atoms with Crippen LogP contribution in [0.2, 0.25) is 10.0 Å². The third kappa shape index (κ3) is 4.05. The quantitative estimate of drug-likeness (QED) is 0.342. The number of amides is 1. The van der Waals surface area contributed by atoms with Crippen molar-refractivity contribution < 1.29 is 19.0 Å². The Morgan fingerprint density at radius 1 is 1.10 bits per heavy atom. The molecule has 0 atom stereocenters. The van der Waals surface area contributed by atoms with Crippen molar-refractivity contribution >= 4 is 61.7 Å². The van der Waals surface area contributed by atoms with Gasteiger partial charge in [-0.1, -0.05) is 58.8 Å². The number of thiazole rings is 1. The average molecular weight is 463 g/mol. The molecule has 30 heavy (non-hydrogen) atoms. The molecular weight excluding hydrogens is 450 g/mol. The van der Waals surface area contributed by atoms with Crippen molar-refractivity contribution in [3.05, 3.63) is 82.1 Å². The van der Waals surface area contributed by atoms with Crippen molar-refractivity contribution in [2.24, 2.45) is 0 Å². The zero-order chi connectivity index (χ0) is 21.3. The SMILES string of the molecule is O=C(O)N(c1ccccc1)c1nc2cc(F)c(OCc3c(Cl)cccc3Cl)cc2s1. The summed E-state index contributed by atoms with van der Waals surface area (Å²) in [6, 6.07) is 16.3. The molecule has 1 N–H and O–H groups in total. The second-order valence-corrected chi connectivity index (χ2v) is 8.01. The Balaban J connectivity index is 1.66. The number of anilines is 2. The number of carbonyl (C=O) groups is 1. The molecule has 0 aliphatic heterocycles. The Bertz CT molecular complexity index is 1210. The van der Waals surface area contributed by atoms with E-state index < -0.39 is 11.9 Å². The molecule has 5 nitrogen and oxygen atoms in total. The lowest BCUT2D eigenvalue weighted by Gasteiger charge is -2.15. The Hall–Kier alpha value is -2.87. The van der Waals surface area contributed by atoms with E-state index in [2.05, 4.69) is 4.98 Å². The number of nitrogens with zero attached hydrogens (tertiary/aromatic N) is 2. The molecule has 1 aromatic heterocycles. The lowest BCUT2D eigenvalue weighted by molar-refractivity contribution is 0.205. The first-order chi connectivity index (χ1) is 14.4. The minimum atomic E-state index is -1.19. The Morgan fingerprint density at radius 2 is 1.80 bits per heavy atom. The van der Waals surface area contributed by atoms with Crippen LogP contribution in [0.1, 0.15) is 5.56 Å². The number of benzene rings is 3. The van der Waals surface area contributed by atoms with Crippen molar-refractivity contribution in [1.82, 2.24) is 4.98 Å². The van der Waals surface area contributed by atoms with Gasteiger partial charge in [0.05, 0.1) is 15.9 Å². The van der Waals surface area contributed by atoms with Gasteiger partial charge < -0.3 is 9.84 Å². The van der Waals surface area contributed by atoms with Crippen molar-refractivity contribution in [3.8, 4) is 5.75 Å². The third-order valence-corrected chi connectivity index (χ3v) is 5.97. The summed E-state index contributed by atoms with van der Waals surface area (Å²) in [7, 11) is 0. The van der Waals surface area contributed by atoms with E-state index in [0.29, 0.717) is 31.5 Å². The summed E-state index contributed by atoms with van der Waals surface area (Å²) >= 11 is 13.4. The van der Waals surface area contributed by atoms with Crippen molar-refractivity contribution in [1.29, 1.82) is 0 Å². The minimum Gasteiger partial charge on any atom is -0.486 e. The van der Waals surface area contributed by atoms with Gasteiger partial charge in [-0.05, 0) is 24.3 Å². The van der Waals surface area contributed by atoms with Crippen LogP contribution in [-0.2, 0) is 6.61 Å². The van der Waals surface area contributed by atoms with Gasteiger partial charge in [0.15, 0.2) is 11.6 Å². The van der Waals surface area contributed by atoms with Crippen molar-refractivity contribution in [2.75, 3.05) is 4.90 Å². The molecule has 0 aliphatic rings. The largest absolute Gasteiger partial charge is 0.486 e. The summed E-state index contributed by atoms with van der Waals surface area (Å²) < 4.78 is 20.7. The van der Waals surface area contributed by atoms with Gasteiger partial charge in [0, 0.05) is 27.7 Å². The van der Waals surface area contributed by atoms with E-state index in [1.165, 1.54) is 12.1 Å². The fourth-order valence-corrected chi connectivity index (χ4v) is 4.32. The van der Waals surface area contributed by atoms with Crippen LogP contribution in [0.3, 0.4) is 0 Å². The molecule has 0 unspecified atom stereocenters. The first-order valence-corrected chi connectivity index (χ1v) is 10.2. The van der Waals surface area contributed by atoms with E-state index in [9.17, 15) is 14.3 Å². The molecule has 0 saturated carbocycles. The van der Waals surface area contributed by atoms with Crippen LogP contribution in [-0.4, -0.2) is 16.2 Å². The number of ether oxygens (including phenoxy) is 1. The number of halogens is 3. The molecule has 0 saturated heterocycles. The molecule has 4 rings (SSSR count). The Labute approximate surface area is 184 Å². The fraction of sp³-hybridized carbons (Fsp3) is 0.0476. The van der Waals surface area contributed by atoms with Crippen molar-refractivity contribution in [3.63, 3.8) is 0 Å². The van der Waals surface area contributed by atoms with E-state index in [0.717, 1.165) is 16.2 Å². The van der Waals surface area contributed by atoms with Crippen LogP contribution < -0.4 is 9.64 Å². The second kappa shape index (κ2) is 8.47. The number of hydrogen-bond donors (Lipinski definition) is 1. The molecule has 1 amide bonds. The van der Waals surface area contributed by atoms with Gasteiger partial charge >= 0.3 is 6.09 Å². The van der Waals surface area contributed by atoms with E-state index in [1.807, 2.05) is 0 Å². The number of para-hydroxylation sites is 1. The Kier molecular flexibility index (Phi) is 5.76. The lowest BCUT2D eigenvalue weighted by Crippen LogP contribution is -2.23. The maximum atomic E-state index is 14.6. The van der Waals surface area contributed by atoms with Crippen LogP contribution in [0.25, 0.3) is 10.2 Å². The monoisotopic (exact) mass is 462 g/mol. The summed E-state index contributed by atoms with van der Waals surface area (Å²) in [5.41, 5.74) is 1.32. The van der Waals surface area contributed by atoms with E-state index >= 15 is 0 Å². The van der Waals surface area contributed by atoms with Crippen LogP contribution in [0.5, 0.6) is 5.75 Å². The molecule has 9 heteroatoms. The average Bonchev–Trinajstić information content (AvgIpc) is 3.10. The highest BCUT2D eigenvalue weighted by Crippen LogP contribution is 2.36. The van der Waals surface area contributed by atoms with E-state index in [-0.39, 0.29) is 17.5 Å². The molecule has 1 heterocycles. The van der Waals surface area contributed by atoms with E-state index in [1.54, 1.807) is 48.5 Å². The number of carboxylic acid groups (broad SMARTS) is 1. The van der Waals surface area contributed by atoms with Gasteiger partial charge in [0.1, 0.15) is 6.61 Å². The summed E-state index contributed by atoms with van der Waals surface area (Å²) in [6.07, 6.45) is -1.19. The summed E-state index contributed by atoms with van der Waals surface area (Å²) in [5, 5.41) is 10.7. The van der Waals surface area contributed by atoms with Gasteiger partial charge in [-0.15, -0.1) is 0 Å². The molecule has 3 aromatic carbocycles. The Morgan fingerprint density at radius 3 is 2.47 bits per heavy atom. The van der Waals surface area contributed by atoms with Gasteiger partial charge in [0.2, 0.25) is 5.13 Å². The lowest BCUT2D eigenvalue weighted by atomic mass is 10.2. The number of aromatic nitrogens is 1. The fourth-order valence-electron chi connectivity index (χ4n) is 2.82. The zero-order valence-corrected chi connectivity index (χ0v) is 17.5. The summed E-state index contributed by atoms with van der Waals surface area (Å²) in [6.45, 7) is -0.0160. The predicted octanol–water partition coefficient (Wildman–Crippen LogP) is 7.14. The third-order valence-electron chi connectivity index (χ3n) is 4.26. The smallest absolute Gasteiger partial charge is 0.418 e. The van der Waals surface area contributed by atoms with E-state index in [4.69, 9.17) is 27.9 Å². The molecule has 0 radical (unpaired) electrons. The van der Waals surface area contributed by atoms with Crippen molar-refractivity contribution in [2.45, 2.75) is 6.61 Å². The van der Waals surface area contributed by atoms with Gasteiger partial charge in [0.25, 0.3) is 0 Å². The summed E-state index contributed by atoms with van der Waals surface area (Å²) in [4.78, 5) is 17.1. The topological polar surface area (TPSA) is 62.7 Å². The predicted molar refractivity (Wildman–Crippen MR) is 117 cm³/mol. The molecule has 4 aromatic rings. The van der Waals surface area contributed by atoms with Crippen LogP contribution in [0.4, 0.5) is 20.0 Å². The normalized spacial score (nSPS) is 10.9. The van der Waals surface area contributed by atoms with Crippen LogP contribution in [0, 0.1) is 5.82 Å². The maximum Gasteiger partial charge on any atom is 0.418 e. The number of hydrogen-bond acceptors (Lipinski definition) is 4. The molecular formula is C21H13Cl2FN2O3S. The molecule has 0 spiro atoms. The number of fused-ring (bicyclic) bond motifs is 1. The highest BCUT2D eigenvalue weighted by Gasteiger charge is 2.22. The standard InChI is InChI=1S/C21H13Cl2FN2O3S/c22-14-7-4-8-15(23)13(14)11-29-18-10-19-17(9-16(18)24)25-20(30-19)26(21(27)28)12-5-2-1-3-6-12/h1-10H,11H2,(H,27,28). The zero-order valence-electron chi connectivity index (χ0n) is 15.2. The highest BCUT2D eigenvalue weighted by atomic mass is 35.5. The van der Waals surface area contributed by atoms with Gasteiger partial charge in [-0.2, -0.15) is 0 Å². The first-order valence-electron chi connectivity index (χ1n) is 8.68. The van der Waals surface area contributed by atoms with Gasteiger partial charge in [-0.25, -0.2) is 19.1 Å². The number of rotatable bonds is 5. The molecule has 152 valence electrons. The molecule has 0 fully saturated rings. The minimum absolute atomic E-state index is 0.00438. The highest BCUT2D eigenvalue weighted by molar-refractivity contribution is 7.22. The molecule has 0 aliphatic carbocycles. The van der Waals surface area contributed by atoms with Gasteiger partial charge in [-0.3, -0.25) is 0 Å². The second-order valence-electron chi connectivity index (χ2n) is 6.19. The van der Waals surface area contributed by atoms with Crippen LogP contribution in [0.15, 0.2) is 60.7 Å². The summed E-state index contributed by atoms with van der Waals surface area (Å²) in [5.74, 6) is -0.626. The van der Waals surface area contributed by atoms with Crippen LogP contribution >= 0.6 is 34.5 Å².